The van der Waals surface area contributed by atoms with Gasteiger partial charge in [-0.3, -0.25) is 4.79 Å². The van der Waals surface area contributed by atoms with E-state index in [2.05, 4.69) is 13.8 Å². The van der Waals surface area contributed by atoms with Gasteiger partial charge in [-0.15, -0.1) is 0 Å². The zero-order valence-corrected chi connectivity index (χ0v) is 10.3. The highest BCUT2D eigenvalue weighted by molar-refractivity contribution is 5.72. The Morgan fingerprint density at radius 1 is 1.33 bits per heavy atom. The molecule has 88 valence electrons. The fourth-order valence-electron chi connectivity index (χ4n) is 2.41. The molecule has 2 nitrogen and oxygen atoms in total. The summed E-state index contributed by atoms with van der Waals surface area (Å²) >= 11 is 0. The lowest BCUT2D eigenvalue weighted by atomic mass is 9.98. The molecule has 15 heavy (non-hydrogen) atoms. The molecule has 0 aromatic heterocycles. The van der Waals surface area contributed by atoms with Gasteiger partial charge >= 0.3 is 5.97 Å². The molecule has 0 saturated heterocycles. The summed E-state index contributed by atoms with van der Waals surface area (Å²) in [6.45, 7) is 6.21. The van der Waals surface area contributed by atoms with Crippen molar-refractivity contribution in [1.82, 2.24) is 0 Å². The van der Waals surface area contributed by atoms with Crippen molar-refractivity contribution in [3.05, 3.63) is 0 Å². The van der Waals surface area contributed by atoms with Gasteiger partial charge in [0.2, 0.25) is 0 Å². The Morgan fingerprint density at radius 3 is 2.40 bits per heavy atom. The second kappa shape index (κ2) is 5.53. The van der Waals surface area contributed by atoms with E-state index < -0.39 is 0 Å². The molecular weight excluding hydrogens is 188 g/mol. The van der Waals surface area contributed by atoms with Crippen molar-refractivity contribution in [1.29, 1.82) is 0 Å². The van der Waals surface area contributed by atoms with E-state index in [9.17, 15) is 4.79 Å². The van der Waals surface area contributed by atoms with Crippen LogP contribution in [-0.4, -0.2) is 11.6 Å². The molecule has 0 unspecified atom stereocenters. The van der Waals surface area contributed by atoms with E-state index in [1.165, 1.54) is 12.8 Å². The van der Waals surface area contributed by atoms with Crippen LogP contribution in [0.4, 0.5) is 0 Å². The van der Waals surface area contributed by atoms with E-state index in [0.29, 0.717) is 0 Å². The average Bonchev–Trinajstić information content (AvgIpc) is 2.67. The van der Waals surface area contributed by atoms with Crippen LogP contribution in [0.3, 0.4) is 0 Å². The maximum atomic E-state index is 11.8. The Hall–Kier alpha value is -0.530. The van der Waals surface area contributed by atoms with E-state index in [1.807, 2.05) is 6.92 Å². The summed E-state index contributed by atoms with van der Waals surface area (Å²) in [7, 11) is 0. The smallest absolute Gasteiger partial charge is 0.309 e. The molecule has 0 radical (unpaired) electrons. The van der Waals surface area contributed by atoms with Gasteiger partial charge in [-0.05, 0) is 38.5 Å². The molecule has 1 aliphatic rings. The molecule has 0 aromatic carbocycles. The number of esters is 1. The first kappa shape index (κ1) is 12.5. The Morgan fingerprint density at radius 2 is 1.93 bits per heavy atom. The highest BCUT2D eigenvalue weighted by Crippen LogP contribution is 2.36. The lowest BCUT2D eigenvalue weighted by Crippen LogP contribution is -2.33. The van der Waals surface area contributed by atoms with Crippen LogP contribution in [0, 0.1) is 5.92 Å². The summed E-state index contributed by atoms with van der Waals surface area (Å²) in [5.74, 6) is 0.0830. The topological polar surface area (TPSA) is 26.3 Å². The molecular formula is C13H24O2. The van der Waals surface area contributed by atoms with Crippen molar-refractivity contribution in [3.8, 4) is 0 Å². The number of carbonyl (C=O) groups is 1. The van der Waals surface area contributed by atoms with Crippen LogP contribution in [0.1, 0.15) is 65.7 Å². The van der Waals surface area contributed by atoms with Crippen molar-refractivity contribution in [3.63, 3.8) is 0 Å². The minimum Gasteiger partial charge on any atom is -0.459 e. The first-order valence-corrected chi connectivity index (χ1v) is 6.36. The Balaban J connectivity index is 2.48. The largest absolute Gasteiger partial charge is 0.459 e. The van der Waals surface area contributed by atoms with Crippen LogP contribution in [0.25, 0.3) is 0 Å². The van der Waals surface area contributed by atoms with E-state index >= 15 is 0 Å². The van der Waals surface area contributed by atoms with Gasteiger partial charge in [0.15, 0.2) is 0 Å². The van der Waals surface area contributed by atoms with Crippen LogP contribution >= 0.6 is 0 Å². The first-order chi connectivity index (χ1) is 7.13. The van der Waals surface area contributed by atoms with Gasteiger partial charge in [0.05, 0.1) is 5.92 Å². The maximum absolute atomic E-state index is 11.8. The molecule has 0 aromatic rings. The van der Waals surface area contributed by atoms with Gasteiger partial charge in [-0.2, -0.15) is 0 Å². The summed E-state index contributed by atoms with van der Waals surface area (Å²) in [6, 6.07) is 0. The number of carbonyl (C=O) groups excluding carboxylic acids is 1. The molecule has 0 N–H and O–H groups in total. The van der Waals surface area contributed by atoms with E-state index in [1.54, 1.807) is 0 Å². The predicted octanol–water partition coefficient (Wildman–Crippen LogP) is 3.69. The minimum absolute atomic E-state index is 0.0144. The van der Waals surface area contributed by atoms with Crippen molar-refractivity contribution >= 4 is 5.97 Å². The van der Waals surface area contributed by atoms with Crippen molar-refractivity contribution in [2.75, 3.05) is 0 Å². The molecule has 1 saturated carbocycles. The normalized spacial score (nSPS) is 21.3. The fourth-order valence-corrected chi connectivity index (χ4v) is 2.41. The van der Waals surface area contributed by atoms with Crippen molar-refractivity contribution in [2.45, 2.75) is 71.3 Å². The summed E-state index contributed by atoms with van der Waals surface area (Å²) in [5.41, 5.74) is -0.112. The number of ether oxygens (including phenoxy) is 1. The first-order valence-electron chi connectivity index (χ1n) is 6.36. The van der Waals surface area contributed by atoms with E-state index in [0.717, 1.165) is 32.1 Å². The standard InChI is InChI=1S/C13H24O2/c1-4-8-11(3)12(14)15-13(5-2)9-6-7-10-13/h11H,4-10H2,1-3H3/t11-/m1/s1. The Labute approximate surface area is 93.4 Å². The second-order valence-corrected chi connectivity index (χ2v) is 4.85. The minimum atomic E-state index is -0.112. The molecule has 1 rings (SSSR count). The van der Waals surface area contributed by atoms with Crippen LogP contribution in [0.5, 0.6) is 0 Å². The van der Waals surface area contributed by atoms with Gasteiger partial charge in [0.25, 0.3) is 0 Å². The lowest BCUT2D eigenvalue weighted by Gasteiger charge is -2.29. The molecule has 0 amide bonds. The van der Waals surface area contributed by atoms with Crippen LogP contribution in [0.15, 0.2) is 0 Å². The number of hydrogen-bond donors (Lipinski definition) is 0. The second-order valence-electron chi connectivity index (χ2n) is 4.85. The number of rotatable bonds is 5. The predicted molar refractivity (Wildman–Crippen MR) is 61.7 cm³/mol. The van der Waals surface area contributed by atoms with Crippen LogP contribution < -0.4 is 0 Å². The molecule has 1 fully saturated rings. The zero-order chi connectivity index (χ0) is 11.3. The summed E-state index contributed by atoms with van der Waals surface area (Å²) < 4.78 is 5.72. The maximum Gasteiger partial charge on any atom is 0.309 e. The molecule has 0 aliphatic heterocycles. The van der Waals surface area contributed by atoms with Gasteiger partial charge in [0.1, 0.15) is 5.60 Å². The Bertz CT molecular complexity index is 205. The summed E-state index contributed by atoms with van der Waals surface area (Å²) in [6.07, 6.45) is 7.51. The van der Waals surface area contributed by atoms with Crippen LogP contribution in [0.2, 0.25) is 0 Å². The SMILES string of the molecule is CCC[C@@H](C)C(=O)OC1(CC)CCCC1. The molecule has 0 bridgehead atoms. The van der Waals surface area contributed by atoms with Gasteiger partial charge < -0.3 is 4.74 Å². The highest BCUT2D eigenvalue weighted by Gasteiger charge is 2.36. The van der Waals surface area contributed by atoms with Gasteiger partial charge in [-0.25, -0.2) is 0 Å². The molecule has 0 heterocycles. The third kappa shape index (κ3) is 3.22. The monoisotopic (exact) mass is 212 g/mol. The zero-order valence-electron chi connectivity index (χ0n) is 10.3. The third-order valence-electron chi connectivity index (χ3n) is 3.60. The average molecular weight is 212 g/mol. The molecule has 0 spiro atoms. The highest BCUT2D eigenvalue weighted by atomic mass is 16.6. The van der Waals surface area contributed by atoms with E-state index in [4.69, 9.17) is 4.74 Å². The summed E-state index contributed by atoms with van der Waals surface area (Å²) in [4.78, 5) is 11.8. The third-order valence-corrected chi connectivity index (χ3v) is 3.60. The fraction of sp³-hybridized carbons (Fsp3) is 0.923. The quantitative estimate of drug-likeness (QED) is 0.650. The van der Waals surface area contributed by atoms with Gasteiger partial charge in [0, 0.05) is 0 Å². The van der Waals surface area contributed by atoms with Gasteiger partial charge in [-0.1, -0.05) is 27.2 Å². The van der Waals surface area contributed by atoms with Crippen LogP contribution in [-0.2, 0) is 9.53 Å². The molecule has 1 aliphatic carbocycles. The summed E-state index contributed by atoms with van der Waals surface area (Å²) in [5, 5.41) is 0. The Kier molecular flexibility index (Phi) is 4.62. The van der Waals surface area contributed by atoms with Crippen molar-refractivity contribution < 1.29 is 9.53 Å². The lowest BCUT2D eigenvalue weighted by molar-refractivity contribution is -0.164. The van der Waals surface area contributed by atoms with E-state index in [-0.39, 0.29) is 17.5 Å². The molecule has 2 heteroatoms. The number of hydrogen-bond acceptors (Lipinski definition) is 2. The van der Waals surface area contributed by atoms with Crippen molar-refractivity contribution in [2.24, 2.45) is 5.92 Å². The molecule has 1 atom stereocenters.